The lowest BCUT2D eigenvalue weighted by atomic mass is 10.1. The van der Waals surface area contributed by atoms with Crippen LogP contribution in [0.4, 0.5) is 11.5 Å². The summed E-state index contributed by atoms with van der Waals surface area (Å²) in [5.41, 5.74) is 3.00. The Morgan fingerprint density at radius 1 is 1.21 bits per heavy atom. The standard InChI is InChI=1S/C16H18N2O/c1-4-18(15-8-6-5-7-12(15)2)16-10-9-14(11-17-16)13(3)19/h5-11H,4H2,1-3H3. The first-order valence-electron chi connectivity index (χ1n) is 6.43. The number of rotatable bonds is 4. The SMILES string of the molecule is CCN(c1ccc(C(C)=O)cn1)c1ccccc1C. The molecule has 98 valence electrons. The van der Waals surface area contributed by atoms with E-state index in [1.165, 1.54) is 5.56 Å². The molecule has 0 radical (unpaired) electrons. The molecule has 0 fully saturated rings. The number of anilines is 2. The Labute approximate surface area is 113 Å². The molecule has 0 unspecified atom stereocenters. The van der Waals surface area contributed by atoms with E-state index in [0.29, 0.717) is 5.56 Å². The van der Waals surface area contributed by atoms with Crippen molar-refractivity contribution in [2.75, 3.05) is 11.4 Å². The van der Waals surface area contributed by atoms with Crippen LogP contribution < -0.4 is 4.90 Å². The number of aryl methyl sites for hydroxylation is 1. The minimum atomic E-state index is 0.0398. The average Bonchev–Trinajstić information content (AvgIpc) is 2.42. The third-order valence-electron chi connectivity index (χ3n) is 3.15. The molecule has 0 spiro atoms. The topological polar surface area (TPSA) is 33.2 Å². The van der Waals surface area contributed by atoms with Gasteiger partial charge in [0.05, 0.1) is 0 Å². The van der Waals surface area contributed by atoms with Gasteiger partial charge >= 0.3 is 0 Å². The molecule has 0 aliphatic rings. The second-order valence-corrected chi connectivity index (χ2v) is 4.49. The van der Waals surface area contributed by atoms with E-state index in [1.54, 1.807) is 13.1 Å². The van der Waals surface area contributed by atoms with Crippen LogP contribution in [0.15, 0.2) is 42.6 Å². The number of pyridine rings is 1. The monoisotopic (exact) mass is 254 g/mol. The second kappa shape index (κ2) is 5.65. The van der Waals surface area contributed by atoms with Gasteiger partial charge in [0.25, 0.3) is 0 Å². The maximum Gasteiger partial charge on any atom is 0.161 e. The Kier molecular flexibility index (Phi) is 3.95. The van der Waals surface area contributed by atoms with Crippen molar-refractivity contribution in [3.05, 3.63) is 53.7 Å². The molecule has 0 saturated heterocycles. The van der Waals surface area contributed by atoms with Crippen LogP contribution in [0.3, 0.4) is 0 Å². The van der Waals surface area contributed by atoms with Gasteiger partial charge in [-0.3, -0.25) is 4.79 Å². The number of aromatic nitrogens is 1. The molecule has 3 nitrogen and oxygen atoms in total. The number of para-hydroxylation sites is 1. The molecule has 3 heteroatoms. The van der Waals surface area contributed by atoms with Gasteiger partial charge in [0.1, 0.15) is 5.82 Å². The number of hydrogen-bond donors (Lipinski definition) is 0. The summed E-state index contributed by atoms with van der Waals surface area (Å²) < 4.78 is 0. The average molecular weight is 254 g/mol. The van der Waals surface area contributed by atoms with Gasteiger partial charge in [0, 0.05) is 24.0 Å². The summed E-state index contributed by atoms with van der Waals surface area (Å²) in [7, 11) is 0. The van der Waals surface area contributed by atoms with Crippen molar-refractivity contribution >= 4 is 17.3 Å². The summed E-state index contributed by atoms with van der Waals surface area (Å²) in [6.07, 6.45) is 1.64. The predicted molar refractivity (Wildman–Crippen MR) is 78.1 cm³/mol. The molecule has 1 heterocycles. The quantitative estimate of drug-likeness (QED) is 0.779. The summed E-state index contributed by atoms with van der Waals surface area (Å²) in [6, 6.07) is 11.9. The van der Waals surface area contributed by atoms with Gasteiger partial charge in [-0.25, -0.2) is 4.98 Å². The first-order valence-corrected chi connectivity index (χ1v) is 6.43. The first kappa shape index (κ1) is 13.3. The van der Waals surface area contributed by atoms with Crippen LogP contribution in [0, 0.1) is 6.92 Å². The molecular formula is C16H18N2O. The molecule has 19 heavy (non-hydrogen) atoms. The van der Waals surface area contributed by atoms with Gasteiger partial charge in [-0.05, 0) is 44.5 Å². The number of hydrogen-bond acceptors (Lipinski definition) is 3. The van der Waals surface area contributed by atoms with Crippen LogP contribution >= 0.6 is 0 Å². The van der Waals surface area contributed by atoms with Crippen LogP contribution in [-0.4, -0.2) is 17.3 Å². The van der Waals surface area contributed by atoms with Crippen molar-refractivity contribution in [1.82, 2.24) is 4.98 Å². The van der Waals surface area contributed by atoms with Gasteiger partial charge in [0.15, 0.2) is 5.78 Å². The van der Waals surface area contributed by atoms with Crippen molar-refractivity contribution in [3.8, 4) is 0 Å². The molecule has 0 aliphatic heterocycles. The van der Waals surface area contributed by atoms with E-state index in [1.807, 2.05) is 24.3 Å². The van der Waals surface area contributed by atoms with Crippen LogP contribution in [-0.2, 0) is 0 Å². The number of Topliss-reactive ketones (excluding diaryl/α,β-unsaturated/α-hetero) is 1. The zero-order valence-corrected chi connectivity index (χ0v) is 11.6. The summed E-state index contributed by atoms with van der Waals surface area (Å²) in [5, 5.41) is 0. The summed E-state index contributed by atoms with van der Waals surface area (Å²) in [5.74, 6) is 0.903. The highest BCUT2D eigenvalue weighted by Gasteiger charge is 2.11. The maximum atomic E-state index is 11.3. The Hall–Kier alpha value is -2.16. The highest BCUT2D eigenvalue weighted by atomic mass is 16.1. The van der Waals surface area contributed by atoms with Gasteiger partial charge < -0.3 is 4.90 Å². The van der Waals surface area contributed by atoms with Crippen LogP contribution in [0.5, 0.6) is 0 Å². The normalized spacial score (nSPS) is 10.3. The molecule has 1 aromatic heterocycles. The van der Waals surface area contributed by atoms with E-state index in [0.717, 1.165) is 18.1 Å². The molecule has 0 saturated carbocycles. The highest BCUT2D eigenvalue weighted by molar-refractivity contribution is 5.93. The number of benzene rings is 1. The van der Waals surface area contributed by atoms with E-state index in [2.05, 4.69) is 35.9 Å². The lowest BCUT2D eigenvalue weighted by molar-refractivity contribution is 0.101. The molecule has 0 amide bonds. The van der Waals surface area contributed by atoms with E-state index >= 15 is 0 Å². The van der Waals surface area contributed by atoms with E-state index in [-0.39, 0.29) is 5.78 Å². The van der Waals surface area contributed by atoms with Crippen LogP contribution in [0.2, 0.25) is 0 Å². The van der Waals surface area contributed by atoms with Crippen LogP contribution in [0.25, 0.3) is 0 Å². The van der Waals surface area contributed by atoms with Crippen molar-refractivity contribution in [2.24, 2.45) is 0 Å². The minimum absolute atomic E-state index is 0.0398. The Balaban J connectivity index is 2.37. The van der Waals surface area contributed by atoms with Gasteiger partial charge in [-0.1, -0.05) is 18.2 Å². The smallest absolute Gasteiger partial charge is 0.161 e. The zero-order chi connectivity index (χ0) is 13.8. The van der Waals surface area contributed by atoms with Gasteiger partial charge in [0.2, 0.25) is 0 Å². The van der Waals surface area contributed by atoms with E-state index in [4.69, 9.17) is 0 Å². The van der Waals surface area contributed by atoms with Gasteiger partial charge in [-0.15, -0.1) is 0 Å². The van der Waals surface area contributed by atoms with Crippen molar-refractivity contribution in [1.29, 1.82) is 0 Å². The van der Waals surface area contributed by atoms with Crippen molar-refractivity contribution in [3.63, 3.8) is 0 Å². The van der Waals surface area contributed by atoms with E-state index in [9.17, 15) is 4.79 Å². The summed E-state index contributed by atoms with van der Waals surface area (Å²) in [6.45, 7) is 6.56. The molecule has 2 rings (SSSR count). The second-order valence-electron chi connectivity index (χ2n) is 4.49. The summed E-state index contributed by atoms with van der Waals surface area (Å²) >= 11 is 0. The number of carbonyl (C=O) groups is 1. The maximum absolute atomic E-state index is 11.3. The van der Waals surface area contributed by atoms with Crippen LogP contribution in [0.1, 0.15) is 29.8 Å². The van der Waals surface area contributed by atoms with Gasteiger partial charge in [-0.2, -0.15) is 0 Å². The van der Waals surface area contributed by atoms with Crippen molar-refractivity contribution in [2.45, 2.75) is 20.8 Å². The third-order valence-corrected chi connectivity index (χ3v) is 3.15. The largest absolute Gasteiger partial charge is 0.326 e. The number of ketones is 1. The summed E-state index contributed by atoms with van der Waals surface area (Å²) in [4.78, 5) is 17.8. The molecule has 0 aliphatic carbocycles. The van der Waals surface area contributed by atoms with Crippen molar-refractivity contribution < 1.29 is 4.79 Å². The molecule has 0 N–H and O–H groups in total. The Bertz CT molecular complexity index is 576. The molecular weight excluding hydrogens is 236 g/mol. The molecule has 1 aromatic carbocycles. The fraction of sp³-hybridized carbons (Fsp3) is 0.250. The fourth-order valence-electron chi connectivity index (χ4n) is 2.08. The Morgan fingerprint density at radius 2 is 1.95 bits per heavy atom. The highest BCUT2D eigenvalue weighted by Crippen LogP contribution is 2.26. The third kappa shape index (κ3) is 2.81. The molecule has 2 aromatic rings. The number of nitrogens with zero attached hydrogens (tertiary/aromatic N) is 2. The molecule has 0 atom stereocenters. The first-order chi connectivity index (χ1) is 9.13. The zero-order valence-electron chi connectivity index (χ0n) is 11.6. The minimum Gasteiger partial charge on any atom is -0.326 e. The Morgan fingerprint density at radius 3 is 2.47 bits per heavy atom. The number of carbonyl (C=O) groups excluding carboxylic acids is 1. The fourth-order valence-corrected chi connectivity index (χ4v) is 2.08. The molecule has 0 bridgehead atoms. The lowest BCUT2D eigenvalue weighted by Crippen LogP contribution is -2.18. The van der Waals surface area contributed by atoms with E-state index < -0.39 is 0 Å². The predicted octanol–water partition coefficient (Wildman–Crippen LogP) is 3.75. The lowest BCUT2D eigenvalue weighted by Gasteiger charge is -2.24.